The number of carbonyl (C=O) groups is 1. The second kappa shape index (κ2) is 7.60. The topological polar surface area (TPSA) is 38.3 Å². The van der Waals surface area contributed by atoms with E-state index in [9.17, 15) is 4.79 Å². The fourth-order valence-electron chi connectivity index (χ4n) is 3.33. The van der Waals surface area contributed by atoms with E-state index in [4.69, 9.17) is 4.74 Å². The Balaban J connectivity index is 1.94. The van der Waals surface area contributed by atoms with Crippen molar-refractivity contribution in [2.75, 3.05) is 12.4 Å². The molecule has 1 aromatic carbocycles. The highest BCUT2D eigenvalue weighted by molar-refractivity contribution is 5.92. The number of hydrogen-bond donors (Lipinski definition) is 1. The third-order valence-corrected chi connectivity index (χ3v) is 4.72. The van der Waals surface area contributed by atoms with Crippen LogP contribution in [0.3, 0.4) is 0 Å². The molecule has 3 heteroatoms. The van der Waals surface area contributed by atoms with E-state index in [0.717, 1.165) is 37.8 Å². The van der Waals surface area contributed by atoms with Crippen LogP contribution in [0.15, 0.2) is 24.3 Å². The molecule has 1 aliphatic rings. The number of carbonyl (C=O) groups excluding carboxylic acids is 1. The number of benzene rings is 1. The lowest BCUT2D eigenvalue weighted by Gasteiger charge is -2.32. The summed E-state index contributed by atoms with van der Waals surface area (Å²) < 4.78 is 5.42. The van der Waals surface area contributed by atoms with Crippen LogP contribution in [0.2, 0.25) is 0 Å². The molecule has 0 heterocycles. The number of rotatable bonds is 5. The minimum atomic E-state index is 0.115. The first-order valence-electron chi connectivity index (χ1n) is 8.04. The number of aryl methyl sites for hydroxylation is 1. The van der Waals surface area contributed by atoms with E-state index in [0.29, 0.717) is 12.0 Å². The third kappa shape index (κ3) is 4.31. The number of ether oxygens (including phenoxy) is 1. The Kier molecular flexibility index (Phi) is 5.80. The highest BCUT2D eigenvalue weighted by Gasteiger charge is 2.30. The fraction of sp³-hybridized carbons (Fsp3) is 0.611. The van der Waals surface area contributed by atoms with Gasteiger partial charge in [0.05, 0.1) is 6.10 Å². The van der Waals surface area contributed by atoms with E-state index < -0.39 is 0 Å². The molecule has 1 N–H and O–H groups in total. The van der Waals surface area contributed by atoms with Crippen LogP contribution >= 0.6 is 0 Å². The highest BCUT2D eigenvalue weighted by Crippen LogP contribution is 2.33. The van der Waals surface area contributed by atoms with Gasteiger partial charge in [-0.05, 0) is 57.1 Å². The van der Waals surface area contributed by atoms with Crippen molar-refractivity contribution in [3.05, 3.63) is 29.8 Å². The summed E-state index contributed by atoms with van der Waals surface area (Å²) in [6, 6.07) is 8.00. The van der Waals surface area contributed by atoms with Crippen LogP contribution in [0.25, 0.3) is 0 Å². The smallest absolute Gasteiger partial charge is 0.227 e. The van der Waals surface area contributed by atoms with Crippen LogP contribution in [0.5, 0.6) is 0 Å². The molecule has 0 radical (unpaired) electrons. The summed E-state index contributed by atoms with van der Waals surface area (Å²) in [6.45, 7) is 4.16. The molecule has 21 heavy (non-hydrogen) atoms. The molecule has 116 valence electrons. The van der Waals surface area contributed by atoms with Crippen LogP contribution < -0.4 is 5.32 Å². The zero-order chi connectivity index (χ0) is 15.2. The van der Waals surface area contributed by atoms with Crippen molar-refractivity contribution >= 4 is 11.6 Å². The molecule has 0 spiro atoms. The summed E-state index contributed by atoms with van der Waals surface area (Å²) in [5.74, 6) is 0.776. The van der Waals surface area contributed by atoms with Crippen molar-refractivity contribution in [1.82, 2.24) is 0 Å². The highest BCUT2D eigenvalue weighted by atomic mass is 16.5. The summed E-state index contributed by atoms with van der Waals surface area (Å²) in [7, 11) is 1.78. The Hall–Kier alpha value is -1.35. The van der Waals surface area contributed by atoms with Gasteiger partial charge in [-0.15, -0.1) is 0 Å². The van der Waals surface area contributed by atoms with Crippen molar-refractivity contribution in [3.8, 4) is 0 Å². The number of methoxy groups -OCH3 is 1. The zero-order valence-electron chi connectivity index (χ0n) is 13.4. The van der Waals surface area contributed by atoms with Gasteiger partial charge in [-0.2, -0.15) is 0 Å². The Morgan fingerprint density at radius 2 is 1.86 bits per heavy atom. The van der Waals surface area contributed by atoms with Crippen molar-refractivity contribution in [1.29, 1.82) is 0 Å². The molecule has 0 bridgehead atoms. The molecule has 1 atom stereocenters. The molecule has 0 aliphatic heterocycles. The lowest BCUT2D eigenvalue weighted by Crippen LogP contribution is -2.32. The molecule has 0 unspecified atom stereocenters. The first-order valence-corrected chi connectivity index (χ1v) is 8.04. The molecule has 1 amide bonds. The largest absolute Gasteiger partial charge is 0.381 e. The molecular weight excluding hydrogens is 262 g/mol. The normalized spacial score (nSPS) is 23.6. The van der Waals surface area contributed by atoms with E-state index in [1.807, 2.05) is 24.3 Å². The molecule has 2 rings (SSSR count). The van der Waals surface area contributed by atoms with Crippen LogP contribution in [0, 0.1) is 18.8 Å². The Labute approximate surface area is 128 Å². The van der Waals surface area contributed by atoms with Crippen molar-refractivity contribution in [2.45, 2.75) is 52.1 Å². The predicted octanol–water partition coefficient (Wildman–Crippen LogP) is 4.16. The van der Waals surface area contributed by atoms with Crippen molar-refractivity contribution in [2.24, 2.45) is 11.8 Å². The summed E-state index contributed by atoms with van der Waals surface area (Å²) in [4.78, 5) is 12.5. The van der Waals surface area contributed by atoms with Gasteiger partial charge in [-0.25, -0.2) is 0 Å². The SMILES string of the molecule is CC[C@H](C(=O)Nc1ccc(C)cc1)C1CCC(OC)CC1. The van der Waals surface area contributed by atoms with Gasteiger partial charge in [-0.1, -0.05) is 24.6 Å². The summed E-state index contributed by atoms with van der Waals surface area (Å²) in [5.41, 5.74) is 2.10. The number of anilines is 1. The van der Waals surface area contributed by atoms with E-state index in [2.05, 4.69) is 19.2 Å². The fourth-order valence-corrected chi connectivity index (χ4v) is 3.33. The molecule has 1 saturated carbocycles. The Bertz CT molecular complexity index is 447. The van der Waals surface area contributed by atoms with Gasteiger partial charge in [0, 0.05) is 18.7 Å². The zero-order valence-corrected chi connectivity index (χ0v) is 13.4. The molecule has 0 aromatic heterocycles. The van der Waals surface area contributed by atoms with Crippen LogP contribution in [-0.4, -0.2) is 19.1 Å². The van der Waals surface area contributed by atoms with Gasteiger partial charge in [0.25, 0.3) is 0 Å². The van der Waals surface area contributed by atoms with E-state index in [1.165, 1.54) is 5.56 Å². The third-order valence-electron chi connectivity index (χ3n) is 4.72. The minimum Gasteiger partial charge on any atom is -0.381 e. The average molecular weight is 289 g/mol. The lowest BCUT2D eigenvalue weighted by atomic mass is 9.77. The van der Waals surface area contributed by atoms with Gasteiger partial charge in [0.1, 0.15) is 0 Å². The van der Waals surface area contributed by atoms with Gasteiger partial charge in [-0.3, -0.25) is 4.79 Å². The second-order valence-electron chi connectivity index (χ2n) is 6.14. The summed E-state index contributed by atoms with van der Waals surface area (Å²) >= 11 is 0. The van der Waals surface area contributed by atoms with Gasteiger partial charge >= 0.3 is 0 Å². The van der Waals surface area contributed by atoms with Gasteiger partial charge < -0.3 is 10.1 Å². The Morgan fingerprint density at radius 3 is 2.38 bits per heavy atom. The first-order chi connectivity index (χ1) is 10.1. The van der Waals surface area contributed by atoms with Gasteiger partial charge in [0.2, 0.25) is 5.91 Å². The van der Waals surface area contributed by atoms with Crippen LogP contribution in [0.1, 0.15) is 44.6 Å². The molecular formula is C18H27NO2. The van der Waals surface area contributed by atoms with Crippen LogP contribution in [-0.2, 0) is 9.53 Å². The van der Waals surface area contributed by atoms with Crippen molar-refractivity contribution < 1.29 is 9.53 Å². The maximum absolute atomic E-state index is 12.5. The van der Waals surface area contributed by atoms with E-state index >= 15 is 0 Å². The molecule has 1 fully saturated rings. The Morgan fingerprint density at radius 1 is 1.24 bits per heavy atom. The maximum Gasteiger partial charge on any atom is 0.227 e. The number of amides is 1. The molecule has 3 nitrogen and oxygen atoms in total. The quantitative estimate of drug-likeness (QED) is 0.883. The first kappa shape index (κ1) is 16.0. The monoisotopic (exact) mass is 289 g/mol. The molecule has 1 aromatic rings. The molecule has 0 saturated heterocycles. The van der Waals surface area contributed by atoms with Gasteiger partial charge in [0.15, 0.2) is 0 Å². The standard InChI is InChI=1S/C18H27NO2/c1-4-17(14-7-11-16(21-3)12-8-14)18(20)19-15-9-5-13(2)6-10-15/h5-6,9-10,14,16-17H,4,7-8,11-12H2,1-3H3,(H,19,20)/t14?,16?,17-/m0/s1. The van der Waals surface area contributed by atoms with Crippen LogP contribution in [0.4, 0.5) is 5.69 Å². The second-order valence-corrected chi connectivity index (χ2v) is 6.14. The predicted molar refractivity (Wildman–Crippen MR) is 86.3 cm³/mol. The van der Waals surface area contributed by atoms with Crippen molar-refractivity contribution in [3.63, 3.8) is 0 Å². The summed E-state index contributed by atoms with van der Waals surface area (Å²) in [6.07, 6.45) is 5.64. The number of hydrogen-bond acceptors (Lipinski definition) is 2. The maximum atomic E-state index is 12.5. The number of nitrogens with one attached hydrogen (secondary N) is 1. The van der Waals surface area contributed by atoms with E-state index in [1.54, 1.807) is 7.11 Å². The summed E-state index contributed by atoms with van der Waals surface area (Å²) in [5, 5.41) is 3.07. The minimum absolute atomic E-state index is 0.115. The average Bonchev–Trinajstić information content (AvgIpc) is 2.51. The lowest BCUT2D eigenvalue weighted by molar-refractivity contribution is -0.122. The van der Waals surface area contributed by atoms with E-state index in [-0.39, 0.29) is 11.8 Å². The molecule has 1 aliphatic carbocycles.